The van der Waals surface area contributed by atoms with Gasteiger partial charge in [0.15, 0.2) is 0 Å². The van der Waals surface area contributed by atoms with Gasteiger partial charge in [0.25, 0.3) is 0 Å². The lowest BCUT2D eigenvalue weighted by Gasteiger charge is -2.10. The lowest BCUT2D eigenvalue weighted by molar-refractivity contribution is 0.304. The molecule has 0 bridgehead atoms. The van der Waals surface area contributed by atoms with E-state index in [0.29, 0.717) is 12.3 Å². The first-order valence-electron chi connectivity index (χ1n) is 6.71. The monoisotopic (exact) mass is 282 g/mol. The van der Waals surface area contributed by atoms with Gasteiger partial charge < -0.3 is 10.5 Å². The SMILES string of the molecule is NCc1ccc(F)cc1COc1ccc2cccnc2c1. The molecular weight excluding hydrogens is 267 g/mol. The van der Waals surface area contributed by atoms with E-state index in [1.165, 1.54) is 12.1 Å². The maximum atomic E-state index is 13.3. The van der Waals surface area contributed by atoms with Crippen molar-refractivity contribution in [2.24, 2.45) is 5.73 Å². The number of rotatable bonds is 4. The Kier molecular flexibility index (Phi) is 3.79. The van der Waals surface area contributed by atoms with Gasteiger partial charge in [0.2, 0.25) is 0 Å². The molecule has 0 aliphatic rings. The molecule has 21 heavy (non-hydrogen) atoms. The van der Waals surface area contributed by atoms with Crippen LogP contribution in [-0.4, -0.2) is 4.98 Å². The third-order valence-corrected chi connectivity index (χ3v) is 3.36. The van der Waals surface area contributed by atoms with Crippen molar-refractivity contribution in [3.05, 3.63) is 71.7 Å². The summed E-state index contributed by atoms with van der Waals surface area (Å²) in [6, 6.07) is 14.1. The van der Waals surface area contributed by atoms with Crippen molar-refractivity contribution in [3.63, 3.8) is 0 Å². The van der Waals surface area contributed by atoms with Crippen LogP contribution in [-0.2, 0) is 13.2 Å². The molecule has 106 valence electrons. The Morgan fingerprint density at radius 2 is 1.95 bits per heavy atom. The second-order valence-electron chi connectivity index (χ2n) is 4.76. The number of pyridine rings is 1. The molecule has 3 nitrogen and oxygen atoms in total. The molecule has 0 aliphatic heterocycles. The molecule has 4 heteroatoms. The molecule has 1 aromatic heterocycles. The Labute approximate surface area is 122 Å². The van der Waals surface area contributed by atoms with E-state index in [-0.39, 0.29) is 12.4 Å². The van der Waals surface area contributed by atoms with Crippen LogP contribution in [0.3, 0.4) is 0 Å². The van der Waals surface area contributed by atoms with Gasteiger partial charge in [0.05, 0.1) is 5.52 Å². The first-order valence-corrected chi connectivity index (χ1v) is 6.71. The molecule has 0 unspecified atom stereocenters. The van der Waals surface area contributed by atoms with Gasteiger partial charge in [0.1, 0.15) is 18.2 Å². The van der Waals surface area contributed by atoms with Crippen LogP contribution in [0.4, 0.5) is 4.39 Å². The third kappa shape index (κ3) is 3.01. The smallest absolute Gasteiger partial charge is 0.123 e. The first-order chi connectivity index (χ1) is 10.3. The Morgan fingerprint density at radius 1 is 1.05 bits per heavy atom. The molecule has 2 N–H and O–H groups in total. The van der Waals surface area contributed by atoms with Crippen LogP contribution in [0.25, 0.3) is 10.9 Å². The summed E-state index contributed by atoms with van der Waals surface area (Å²) in [6.07, 6.45) is 1.74. The average Bonchev–Trinajstić information content (AvgIpc) is 2.53. The number of hydrogen-bond donors (Lipinski definition) is 1. The molecule has 0 radical (unpaired) electrons. The minimum absolute atomic E-state index is 0.280. The summed E-state index contributed by atoms with van der Waals surface area (Å²) in [7, 11) is 0. The molecule has 0 amide bonds. The number of halogens is 1. The number of fused-ring (bicyclic) bond motifs is 1. The molecule has 0 atom stereocenters. The van der Waals surface area contributed by atoms with E-state index < -0.39 is 0 Å². The van der Waals surface area contributed by atoms with Gasteiger partial charge in [-0.15, -0.1) is 0 Å². The zero-order valence-corrected chi connectivity index (χ0v) is 11.4. The van der Waals surface area contributed by atoms with E-state index in [0.717, 1.165) is 22.0 Å². The maximum absolute atomic E-state index is 13.3. The highest BCUT2D eigenvalue weighted by atomic mass is 19.1. The highest BCUT2D eigenvalue weighted by molar-refractivity contribution is 5.79. The fourth-order valence-corrected chi connectivity index (χ4v) is 2.23. The van der Waals surface area contributed by atoms with Crippen molar-refractivity contribution in [2.45, 2.75) is 13.2 Å². The number of ether oxygens (including phenoxy) is 1. The van der Waals surface area contributed by atoms with Crippen LogP contribution >= 0.6 is 0 Å². The topological polar surface area (TPSA) is 48.1 Å². The molecule has 3 aromatic rings. The average molecular weight is 282 g/mol. The van der Waals surface area contributed by atoms with E-state index in [1.807, 2.05) is 30.3 Å². The van der Waals surface area contributed by atoms with Crippen LogP contribution in [0.5, 0.6) is 5.75 Å². The third-order valence-electron chi connectivity index (χ3n) is 3.36. The Morgan fingerprint density at radius 3 is 2.81 bits per heavy atom. The summed E-state index contributed by atoms with van der Waals surface area (Å²) >= 11 is 0. The van der Waals surface area contributed by atoms with E-state index in [2.05, 4.69) is 4.98 Å². The number of benzene rings is 2. The van der Waals surface area contributed by atoms with Gasteiger partial charge in [-0.25, -0.2) is 4.39 Å². The standard InChI is InChI=1S/C17H15FN2O/c18-15-5-3-13(10-19)14(8-15)11-21-16-6-4-12-2-1-7-20-17(12)9-16/h1-9H,10-11,19H2. The second-order valence-corrected chi connectivity index (χ2v) is 4.76. The van der Waals surface area contributed by atoms with E-state index in [9.17, 15) is 4.39 Å². The maximum Gasteiger partial charge on any atom is 0.123 e. The number of nitrogens with two attached hydrogens (primary N) is 1. The summed E-state index contributed by atoms with van der Waals surface area (Å²) in [5.74, 6) is 0.416. The zero-order chi connectivity index (χ0) is 14.7. The van der Waals surface area contributed by atoms with Gasteiger partial charge in [-0.1, -0.05) is 12.1 Å². The molecule has 0 saturated heterocycles. The molecule has 2 aromatic carbocycles. The molecule has 0 aliphatic carbocycles. The van der Waals surface area contributed by atoms with Gasteiger partial charge in [0, 0.05) is 24.2 Å². The Bertz CT molecular complexity index is 774. The van der Waals surface area contributed by atoms with Crippen molar-refractivity contribution in [2.75, 3.05) is 0 Å². The van der Waals surface area contributed by atoms with Gasteiger partial charge in [-0.3, -0.25) is 4.98 Å². The largest absolute Gasteiger partial charge is 0.489 e. The summed E-state index contributed by atoms with van der Waals surface area (Å²) < 4.78 is 19.0. The number of nitrogens with zero attached hydrogens (tertiary/aromatic N) is 1. The highest BCUT2D eigenvalue weighted by Crippen LogP contribution is 2.20. The van der Waals surface area contributed by atoms with Crippen LogP contribution in [0.1, 0.15) is 11.1 Å². The minimum atomic E-state index is -0.286. The number of hydrogen-bond acceptors (Lipinski definition) is 3. The summed E-state index contributed by atoms with van der Waals surface area (Å²) in [5.41, 5.74) is 8.17. The molecule has 0 saturated carbocycles. The van der Waals surface area contributed by atoms with Crippen molar-refractivity contribution in [1.29, 1.82) is 0 Å². The first kappa shape index (κ1) is 13.5. The van der Waals surface area contributed by atoms with E-state index >= 15 is 0 Å². The Balaban J connectivity index is 1.81. The van der Waals surface area contributed by atoms with E-state index in [1.54, 1.807) is 12.3 Å². The van der Waals surface area contributed by atoms with Crippen LogP contribution in [0, 0.1) is 5.82 Å². The predicted octanol–water partition coefficient (Wildman–Crippen LogP) is 3.41. The normalized spacial score (nSPS) is 10.8. The van der Waals surface area contributed by atoms with Crippen LogP contribution in [0.2, 0.25) is 0 Å². The van der Waals surface area contributed by atoms with Crippen LogP contribution in [0.15, 0.2) is 54.7 Å². The predicted molar refractivity (Wildman–Crippen MR) is 80.4 cm³/mol. The minimum Gasteiger partial charge on any atom is -0.489 e. The van der Waals surface area contributed by atoms with Crippen molar-refractivity contribution >= 4 is 10.9 Å². The quantitative estimate of drug-likeness (QED) is 0.797. The lowest BCUT2D eigenvalue weighted by atomic mass is 10.1. The van der Waals surface area contributed by atoms with Gasteiger partial charge in [-0.05, 0) is 41.5 Å². The second kappa shape index (κ2) is 5.89. The molecule has 3 rings (SSSR count). The molecular formula is C17H15FN2O. The summed E-state index contributed by atoms with van der Waals surface area (Å²) in [6.45, 7) is 0.640. The fourth-order valence-electron chi connectivity index (χ4n) is 2.23. The molecule has 0 spiro atoms. The van der Waals surface area contributed by atoms with Crippen molar-refractivity contribution < 1.29 is 9.13 Å². The van der Waals surface area contributed by atoms with Gasteiger partial charge >= 0.3 is 0 Å². The van der Waals surface area contributed by atoms with Crippen molar-refractivity contribution in [1.82, 2.24) is 4.98 Å². The number of aromatic nitrogens is 1. The van der Waals surface area contributed by atoms with Gasteiger partial charge in [-0.2, -0.15) is 0 Å². The lowest BCUT2D eigenvalue weighted by Crippen LogP contribution is -2.05. The van der Waals surface area contributed by atoms with Crippen molar-refractivity contribution in [3.8, 4) is 5.75 Å². The van der Waals surface area contributed by atoms with E-state index in [4.69, 9.17) is 10.5 Å². The fraction of sp³-hybridized carbons (Fsp3) is 0.118. The van der Waals surface area contributed by atoms with Crippen LogP contribution < -0.4 is 10.5 Å². The summed E-state index contributed by atoms with van der Waals surface area (Å²) in [4.78, 5) is 4.28. The summed E-state index contributed by atoms with van der Waals surface area (Å²) in [5, 5.41) is 1.05. The molecule has 0 fully saturated rings. The molecule has 1 heterocycles. The highest BCUT2D eigenvalue weighted by Gasteiger charge is 2.05. The Hall–Kier alpha value is -2.46. The zero-order valence-electron chi connectivity index (χ0n) is 11.4.